The van der Waals surface area contributed by atoms with Crippen molar-refractivity contribution in [3.8, 4) is 17.2 Å². The van der Waals surface area contributed by atoms with Crippen molar-refractivity contribution in [2.45, 2.75) is 33.3 Å². The maximum Gasteiger partial charge on any atom is 0.346 e. The van der Waals surface area contributed by atoms with Crippen LogP contribution in [0.1, 0.15) is 36.4 Å². The first-order valence-corrected chi connectivity index (χ1v) is 10.1. The summed E-state index contributed by atoms with van der Waals surface area (Å²) in [5.41, 5.74) is 0.327. The topological polar surface area (TPSA) is 101 Å². The summed E-state index contributed by atoms with van der Waals surface area (Å²) in [6.07, 6.45) is -0.0721. The van der Waals surface area contributed by atoms with E-state index in [9.17, 15) is 14.4 Å². The summed E-state index contributed by atoms with van der Waals surface area (Å²) in [6, 6.07) is 10.9. The van der Waals surface area contributed by atoms with E-state index in [0.29, 0.717) is 34.6 Å². The molecule has 0 bridgehead atoms. The highest BCUT2D eigenvalue weighted by molar-refractivity contribution is 5.89. The highest BCUT2D eigenvalue weighted by Crippen LogP contribution is 2.28. The van der Waals surface area contributed by atoms with Crippen molar-refractivity contribution in [2.24, 2.45) is 0 Å². The first kappa shape index (κ1) is 22.9. The SMILES string of the molecule is CCCOC(=O)c1ccc(Oc2c(C)oc3cc(OC(C)C(=O)OC)ccc3c2=O)cc1. The number of ether oxygens (including phenoxy) is 4. The van der Waals surface area contributed by atoms with E-state index >= 15 is 0 Å². The van der Waals surface area contributed by atoms with Crippen LogP contribution in [0.5, 0.6) is 17.2 Å². The van der Waals surface area contributed by atoms with Gasteiger partial charge in [0.2, 0.25) is 11.2 Å². The van der Waals surface area contributed by atoms with Crippen LogP contribution in [-0.4, -0.2) is 31.8 Å². The average molecular weight is 440 g/mol. The van der Waals surface area contributed by atoms with Gasteiger partial charge in [-0.3, -0.25) is 4.79 Å². The van der Waals surface area contributed by atoms with Crippen LogP contribution in [0.2, 0.25) is 0 Å². The minimum absolute atomic E-state index is 0.0374. The van der Waals surface area contributed by atoms with Crippen molar-refractivity contribution in [3.63, 3.8) is 0 Å². The Balaban J connectivity index is 1.83. The van der Waals surface area contributed by atoms with Crippen LogP contribution in [-0.2, 0) is 14.3 Å². The normalized spacial score (nSPS) is 11.6. The Kier molecular flexibility index (Phi) is 7.14. The number of methoxy groups -OCH3 is 1. The average Bonchev–Trinajstić information content (AvgIpc) is 2.79. The van der Waals surface area contributed by atoms with E-state index in [1.54, 1.807) is 50.2 Å². The van der Waals surface area contributed by atoms with E-state index in [1.807, 2.05) is 6.92 Å². The number of carbonyl (C=O) groups is 2. The molecule has 1 atom stereocenters. The second kappa shape index (κ2) is 10.00. The molecular weight excluding hydrogens is 416 g/mol. The van der Waals surface area contributed by atoms with Crippen LogP contribution in [0.25, 0.3) is 11.0 Å². The fraction of sp³-hybridized carbons (Fsp3) is 0.292. The van der Waals surface area contributed by atoms with Crippen LogP contribution in [0, 0.1) is 6.92 Å². The molecule has 0 spiro atoms. The fourth-order valence-corrected chi connectivity index (χ4v) is 2.93. The minimum Gasteiger partial charge on any atom is -0.479 e. The summed E-state index contributed by atoms with van der Waals surface area (Å²) in [5.74, 6) is 0.105. The number of hydrogen-bond donors (Lipinski definition) is 0. The molecule has 0 fully saturated rings. The molecule has 1 unspecified atom stereocenters. The largest absolute Gasteiger partial charge is 0.479 e. The van der Waals surface area contributed by atoms with Gasteiger partial charge in [0.05, 0.1) is 24.7 Å². The lowest BCUT2D eigenvalue weighted by atomic mass is 10.2. The van der Waals surface area contributed by atoms with Crippen molar-refractivity contribution in [1.29, 1.82) is 0 Å². The van der Waals surface area contributed by atoms with Gasteiger partial charge in [0, 0.05) is 6.07 Å². The second-order valence-electron chi connectivity index (χ2n) is 7.02. The smallest absolute Gasteiger partial charge is 0.346 e. The molecule has 0 saturated carbocycles. The summed E-state index contributed by atoms with van der Waals surface area (Å²) in [6.45, 7) is 5.43. The zero-order chi connectivity index (χ0) is 23.3. The van der Waals surface area contributed by atoms with Crippen LogP contribution < -0.4 is 14.9 Å². The third kappa shape index (κ3) is 5.08. The number of benzene rings is 2. The summed E-state index contributed by atoms with van der Waals surface area (Å²) in [7, 11) is 1.28. The first-order chi connectivity index (χ1) is 15.3. The zero-order valence-corrected chi connectivity index (χ0v) is 18.3. The predicted molar refractivity (Wildman–Crippen MR) is 116 cm³/mol. The first-order valence-electron chi connectivity index (χ1n) is 10.1. The molecule has 0 N–H and O–H groups in total. The Morgan fingerprint density at radius 2 is 1.75 bits per heavy atom. The summed E-state index contributed by atoms with van der Waals surface area (Å²) in [5, 5.41) is 0.295. The van der Waals surface area contributed by atoms with E-state index < -0.39 is 18.0 Å². The fourth-order valence-electron chi connectivity index (χ4n) is 2.93. The Labute approximate surface area is 184 Å². The molecule has 8 heteroatoms. The van der Waals surface area contributed by atoms with Crippen molar-refractivity contribution >= 4 is 22.9 Å². The predicted octanol–water partition coefficient (Wildman–Crippen LogP) is 4.40. The van der Waals surface area contributed by atoms with Gasteiger partial charge in [-0.15, -0.1) is 0 Å². The number of aryl methyl sites for hydroxylation is 1. The van der Waals surface area contributed by atoms with Crippen LogP contribution >= 0.6 is 0 Å². The van der Waals surface area contributed by atoms with Crippen LogP contribution in [0.4, 0.5) is 0 Å². The number of rotatable bonds is 8. The molecule has 0 saturated heterocycles. The molecule has 0 aliphatic rings. The maximum absolute atomic E-state index is 13.0. The molecule has 32 heavy (non-hydrogen) atoms. The van der Waals surface area contributed by atoms with E-state index in [2.05, 4.69) is 4.74 Å². The Morgan fingerprint density at radius 1 is 1.06 bits per heavy atom. The maximum atomic E-state index is 13.0. The van der Waals surface area contributed by atoms with Gasteiger partial charge in [-0.25, -0.2) is 9.59 Å². The van der Waals surface area contributed by atoms with Crippen LogP contribution in [0.3, 0.4) is 0 Å². The summed E-state index contributed by atoms with van der Waals surface area (Å²) < 4.78 is 26.8. The molecule has 168 valence electrons. The van der Waals surface area contributed by atoms with Gasteiger partial charge in [-0.2, -0.15) is 0 Å². The molecular formula is C24H24O8. The van der Waals surface area contributed by atoms with Crippen molar-refractivity contribution in [1.82, 2.24) is 0 Å². The third-order valence-corrected chi connectivity index (χ3v) is 4.58. The number of carbonyl (C=O) groups excluding carboxylic acids is 2. The molecule has 3 aromatic rings. The summed E-state index contributed by atoms with van der Waals surface area (Å²) >= 11 is 0. The molecule has 0 aliphatic heterocycles. The van der Waals surface area contributed by atoms with E-state index in [-0.39, 0.29) is 16.9 Å². The second-order valence-corrected chi connectivity index (χ2v) is 7.02. The molecule has 2 aromatic carbocycles. The Bertz CT molecular complexity index is 1180. The Hall–Kier alpha value is -3.81. The molecule has 0 radical (unpaired) electrons. The lowest BCUT2D eigenvalue weighted by Crippen LogP contribution is -2.24. The van der Waals surface area contributed by atoms with E-state index in [0.717, 1.165) is 6.42 Å². The zero-order valence-electron chi connectivity index (χ0n) is 18.3. The highest BCUT2D eigenvalue weighted by Gasteiger charge is 2.18. The number of fused-ring (bicyclic) bond motifs is 1. The Morgan fingerprint density at radius 3 is 2.41 bits per heavy atom. The monoisotopic (exact) mass is 440 g/mol. The molecule has 8 nitrogen and oxygen atoms in total. The molecule has 3 rings (SSSR count). The van der Waals surface area contributed by atoms with Gasteiger partial charge < -0.3 is 23.4 Å². The lowest BCUT2D eigenvalue weighted by Gasteiger charge is -2.13. The van der Waals surface area contributed by atoms with Crippen LogP contribution in [0.15, 0.2) is 51.7 Å². The van der Waals surface area contributed by atoms with Gasteiger partial charge in [-0.05, 0) is 56.7 Å². The van der Waals surface area contributed by atoms with Gasteiger partial charge in [0.25, 0.3) is 0 Å². The van der Waals surface area contributed by atoms with E-state index in [1.165, 1.54) is 13.2 Å². The molecule has 1 heterocycles. The molecule has 0 aliphatic carbocycles. The van der Waals surface area contributed by atoms with Crippen molar-refractivity contribution < 1.29 is 33.0 Å². The van der Waals surface area contributed by atoms with Gasteiger partial charge >= 0.3 is 11.9 Å². The summed E-state index contributed by atoms with van der Waals surface area (Å²) in [4.78, 5) is 36.4. The van der Waals surface area contributed by atoms with E-state index in [4.69, 9.17) is 18.6 Å². The number of esters is 2. The minimum atomic E-state index is -0.810. The standard InChI is InChI=1S/C24H24O8/c1-5-12-29-24(27)16-6-8-17(9-7-16)32-22-14(2)31-20-13-18(10-11-19(20)21(22)25)30-15(3)23(26)28-4/h6-11,13,15H,5,12H2,1-4H3. The molecule has 0 amide bonds. The van der Waals surface area contributed by atoms with Gasteiger partial charge in [0.15, 0.2) is 6.10 Å². The van der Waals surface area contributed by atoms with Crippen molar-refractivity contribution in [3.05, 3.63) is 64.0 Å². The molecule has 1 aromatic heterocycles. The quantitative estimate of drug-likeness (QED) is 0.475. The van der Waals surface area contributed by atoms with Gasteiger partial charge in [-0.1, -0.05) is 6.92 Å². The van der Waals surface area contributed by atoms with Gasteiger partial charge in [0.1, 0.15) is 22.8 Å². The highest BCUT2D eigenvalue weighted by atomic mass is 16.6. The lowest BCUT2D eigenvalue weighted by molar-refractivity contribution is -0.147. The van der Waals surface area contributed by atoms with Crippen molar-refractivity contribution in [2.75, 3.05) is 13.7 Å². The third-order valence-electron chi connectivity index (χ3n) is 4.58. The number of hydrogen-bond acceptors (Lipinski definition) is 8.